The van der Waals surface area contributed by atoms with Crippen LogP contribution in [0.1, 0.15) is 29.2 Å². The van der Waals surface area contributed by atoms with Crippen LogP contribution in [0.2, 0.25) is 0 Å². The summed E-state index contributed by atoms with van der Waals surface area (Å²) in [5.41, 5.74) is 5.07. The van der Waals surface area contributed by atoms with Crippen molar-refractivity contribution in [2.45, 2.75) is 34.2 Å². The first-order valence-corrected chi connectivity index (χ1v) is 5.20. The molecule has 0 aliphatic carbocycles. The summed E-state index contributed by atoms with van der Waals surface area (Å²) in [5, 5.41) is 0. The highest BCUT2D eigenvalue weighted by Gasteiger charge is 2.08. The number of carbonyl (C=O) groups is 1. The molecule has 0 heterocycles. The highest BCUT2D eigenvalue weighted by Crippen LogP contribution is 2.17. The van der Waals surface area contributed by atoms with E-state index in [0.29, 0.717) is 6.54 Å². The van der Waals surface area contributed by atoms with Crippen LogP contribution >= 0.6 is 0 Å². The third kappa shape index (κ3) is 2.82. The van der Waals surface area contributed by atoms with Gasteiger partial charge in [-0.05, 0) is 37.5 Å². The van der Waals surface area contributed by atoms with Crippen molar-refractivity contribution in [3.8, 4) is 0 Å². The summed E-state index contributed by atoms with van der Waals surface area (Å²) in [5.74, 6) is 0.106. The zero-order chi connectivity index (χ0) is 11.6. The molecule has 0 N–H and O–H groups in total. The second kappa shape index (κ2) is 4.47. The number of rotatable bonds is 2. The third-order valence-corrected chi connectivity index (χ3v) is 2.77. The lowest BCUT2D eigenvalue weighted by molar-refractivity contribution is -0.128. The molecule has 1 aromatic carbocycles. The van der Waals surface area contributed by atoms with Crippen LogP contribution < -0.4 is 0 Å². The maximum atomic E-state index is 11.2. The molecule has 0 saturated heterocycles. The number of amides is 1. The van der Waals surface area contributed by atoms with Crippen molar-refractivity contribution in [2.75, 3.05) is 7.05 Å². The molecule has 15 heavy (non-hydrogen) atoms. The lowest BCUT2D eigenvalue weighted by Crippen LogP contribution is -2.24. The Bertz CT molecular complexity index is 359. The molecular formula is C13H19NO. The molecular weight excluding hydrogens is 186 g/mol. The van der Waals surface area contributed by atoms with Gasteiger partial charge in [-0.3, -0.25) is 4.79 Å². The minimum atomic E-state index is 0.106. The average Bonchev–Trinajstić information content (AvgIpc) is 2.10. The van der Waals surface area contributed by atoms with Gasteiger partial charge in [-0.25, -0.2) is 0 Å². The number of aryl methyl sites for hydroxylation is 3. The van der Waals surface area contributed by atoms with E-state index in [1.807, 2.05) is 7.05 Å². The normalized spacial score (nSPS) is 10.2. The Kier molecular flexibility index (Phi) is 3.51. The zero-order valence-corrected chi connectivity index (χ0v) is 10.2. The summed E-state index contributed by atoms with van der Waals surface area (Å²) < 4.78 is 0. The maximum absolute atomic E-state index is 11.2. The van der Waals surface area contributed by atoms with Crippen LogP contribution in [0.5, 0.6) is 0 Å². The number of nitrogens with zero attached hydrogens (tertiary/aromatic N) is 1. The van der Waals surface area contributed by atoms with E-state index in [2.05, 4.69) is 32.9 Å². The molecule has 1 rings (SSSR count). The largest absolute Gasteiger partial charge is 0.342 e. The predicted octanol–water partition coefficient (Wildman–Crippen LogP) is 2.59. The van der Waals surface area contributed by atoms with Gasteiger partial charge in [-0.1, -0.05) is 17.7 Å². The van der Waals surface area contributed by atoms with Gasteiger partial charge in [0.15, 0.2) is 0 Å². The van der Waals surface area contributed by atoms with Crippen molar-refractivity contribution in [3.05, 3.63) is 34.4 Å². The molecule has 82 valence electrons. The zero-order valence-electron chi connectivity index (χ0n) is 10.2. The van der Waals surface area contributed by atoms with Crippen LogP contribution in [0.15, 0.2) is 12.1 Å². The predicted molar refractivity (Wildman–Crippen MR) is 62.8 cm³/mol. The van der Waals surface area contributed by atoms with E-state index in [0.717, 1.165) is 0 Å². The molecule has 0 aliphatic heterocycles. The fourth-order valence-corrected chi connectivity index (χ4v) is 1.81. The van der Waals surface area contributed by atoms with E-state index in [1.54, 1.807) is 11.8 Å². The summed E-state index contributed by atoms with van der Waals surface area (Å²) in [4.78, 5) is 12.9. The van der Waals surface area contributed by atoms with E-state index in [1.165, 1.54) is 22.3 Å². The molecule has 2 nitrogen and oxygen atoms in total. The van der Waals surface area contributed by atoms with Gasteiger partial charge < -0.3 is 4.90 Å². The second-order valence-electron chi connectivity index (χ2n) is 4.25. The Morgan fingerprint density at radius 3 is 2.07 bits per heavy atom. The Hall–Kier alpha value is -1.31. The van der Waals surface area contributed by atoms with Gasteiger partial charge in [-0.15, -0.1) is 0 Å². The van der Waals surface area contributed by atoms with Gasteiger partial charge in [0, 0.05) is 20.5 Å². The SMILES string of the molecule is CC(=O)N(C)Cc1c(C)cc(C)cc1C. The first-order valence-electron chi connectivity index (χ1n) is 5.20. The molecule has 0 unspecified atom stereocenters. The van der Waals surface area contributed by atoms with E-state index in [-0.39, 0.29) is 5.91 Å². The van der Waals surface area contributed by atoms with Crippen molar-refractivity contribution < 1.29 is 4.79 Å². The van der Waals surface area contributed by atoms with Crippen LogP contribution in [0, 0.1) is 20.8 Å². The molecule has 0 bridgehead atoms. The average molecular weight is 205 g/mol. The van der Waals surface area contributed by atoms with Crippen LogP contribution in [0.3, 0.4) is 0 Å². The minimum absolute atomic E-state index is 0.106. The quantitative estimate of drug-likeness (QED) is 0.726. The monoisotopic (exact) mass is 205 g/mol. The van der Waals surface area contributed by atoms with Crippen LogP contribution in [0.4, 0.5) is 0 Å². The smallest absolute Gasteiger partial charge is 0.219 e. The van der Waals surface area contributed by atoms with Crippen LogP contribution in [-0.4, -0.2) is 17.9 Å². The maximum Gasteiger partial charge on any atom is 0.219 e. The fraction of sp³-hybridized carbons (Fsp3) is 0.462. The van der Waals surface area contributed by atoms with Crippen molar-refractivity contribution in [1.29, 1.82) is 0 Å². The molecule has 1 amide bonds. The molecule has 1 aromatic rings. The van der Waals surface area contributed by atoms with E-state index >= 15 is 0 Å². The summed E-state index contributed by atoms with van der Waals surface area (Å²) in [6.07, 6.45) is 0. The molecule has 0 fully saturated rings. The van der Waals surface area contributed by atoms with Crippen LogP contribution in [0.25, 0.3) is 0 Å². The van der Waals surface area contributed by atoms with E-state index in [4.69, 9.17) is 0 Å². The number of benzene rings is 1. The lowest BCUT2D eigenvalue weighted by atomic mass is 9.99. The highest BCUT2D eigenvalue weighted by molar-refractivity contribution is 5.72. The first kappa shape index (κ1) is 11.8. The first-order chi connectivity index (χ1) is 6.91. The summed E-state index contributed by atoms with van der Waals surface area (Å²) in [6.45, 7) is 8.59. The topological polar surface area (TPSA) is 20.3 Å². The summed E-state index contributed by atoms with van der Waals surface area (Å²) in [6, 6.07) is 4.33. The molecule has 0 atom stereocenters. The Morgan fingerprint density at radius 2 is 1.67 bits per heavy atom. The van der Waals surface area contributed by atoms with Gasteiger partial charge in [0.1, 0.15) is 0 Å². The van der Waals surface area contributed by atoms with Crippen molar-refractivity contribution >= 4 is 5.91 Å². The Labute approximate surface area is 91.9 Å². The van der Waals surface area contributed by atoms with Gasteiger partial charge in [0.2, 0.25) is 5.91 Å². The van der Waals surface area contributed by atoms with Gasteiger partial charge in [0.05, 0.1) is 0 Å². The van der Waals surface area contributed by atoms with Crippen molar-refractivity contribution in [2.24, 2.45) is 0 Å². The Morgan fingerprint density at radius 1 is 1.20 bits per heavy atom. The van der Waals surface area contributed by atoms with E-state index < -0.39 is 0 Å². The molecule has 0 spiro atoms. The minimum Gasteiger partial charge on any atom is -0.342 e. The number of hydrogen-bond donors (Lipinski definition) is 0. The van der Waals surface area contributed by atoms with Gasteiger partial charge in [0.25, 0.3) is 0 Å². The molecule has 0 aliphatic rings. The number of carbonyl (C=O) groups excluding carboxylic acids is 1. The van der Waals surface area contributed by atoms with Crippen molar-refractivity contribution in [1.82, 2.24) is 4.90 Å². The van der Waals surface area contributed by atoms with Gasteiger partial charge in [-0.2, -0.15) is 0 Å². The summed E-state index contributed by atoms with van der Waals surface area (Å²) in [7, 11) is 1.83. The second-order valence-corrected chi connectivity index (χ2v) is 4.25. The standard InChI is InChI=1S/C13H19NO/c1-9-6-10(2)13(11(3)7-9)8-14(5)12(4)15/h6-7H,8H2,1-5H3. The molecule has 2 heteroatoms. The Balaban J connectivity index is 3.00. The summed E-state index contributed by atoms with van der Waals surface area (Å²) >= 11 is 0. The lowest BCUT2D eigenvalue weighted by Gasteiger charge is -2.18. The third-order valence-electron chi connectivity index (χ3n) is 2.77. The van der Waals surface area contributed by atoms with Crippen molar-refractivity contribution in [3.63, 3.8) is 0 Å². The molecule has 0 aromatic heterocycles. The van der Waals surface area contributed by atoms with Gasteiger partial charge >= 0.3 is 0 Å². The molecule has 0 radical (unpaired) electrons. The highest BCUT2D eigenvalue weighted by atomic mass is 16.2. The van der Waals surface area contributed by atoms with E-state index in [9.17, 15) is 4.79 Å². The molecule has 0 saturated carbocycles. The number of hydrogen-bond acceptors (Lipinski definition) is 1. The fourth-order valence-electron chi connectivity index (χ4n) is 1.81. The van der Waals surface area contributed by atoms with Crippen LogP contribution in [-0.2, 0) is 11.3 Å².